The zero-order chi connectivity index (χ0) is 18.2. The van der Waals surface area contributed by atoms with Crippen molar-refractivity contribution >= 4 is 28.9 Å². The summed E-state index contributed by atoms with van der Waals surface area (Å²) in [5.74, 6) is 0.105. The van der Waals surface area contributed by atoms with Gasteiger partial charge in [0.05, 0.1) is 16.0 Å². The van der Waals surface area contributed by atoms with E-state index < -0.39 is 5.97 Å². The molecule has 1 aromatic heterocycles. The van der Waals surface area contributed by atoms with E-state index in [4.69, 9.17) is 21.4 Å². The minimum absolute atomic E-state index is 0.0955. The Morgan fingerprint density at radius 1 is 1.28 bits per heavy atom. The van der Waals surface area contributed by atoms with Crippen molar-refractivity contribution < 1.29 is 14.6 Å². The highest BCUT2D eigenvalue weighted by molar-refractivity contribution is 7.15. The summed E-state index contributed by atoms with van der Waals surface area (Å²) in [7, 11) is 0. The largest absolute Gasteiger partial charge is 0.490 e. The van der Waals surface area contributed by atoms with Crippen LogP contribution < -0.4 is 4.74 Å². The van der Waals surface area contributed by atoms with Crippen molar-refractivity contribution in [1.29, 1.82) is 0 Å². The first-order valence-corrected chi connectivity index (χ1v) is 9.78. The molecule has 6 heteroatoms. The van der Waals surface area contributed by atoms with E-state index in [0.717, 1.165) is 53.3 Å². The maximum atomic E-state index is 10.5. The Morgan fingerprint density at radius 3 is 2.76 bits per heavy atom. The zero-order valence-corrected chi connectivity index (χ0v) is 16.2. The first-order chi connectivity index (χ1) is 12.0. The van der Waals surface area contributed by atoms with Crippen LogP contribution in [-0.2, 0) is 11.2 Å². The highest BCUT2D eigenvalue weighted by Crippen LogP contribution is 2.36. The van der Waals surface area contributed by atoms with Gasteiger partial charge in [0.15, 0.2) is 0 Å². The maximum absolute atomic E-state index is 10.5. The van der Waals surface area contributed by atoms with Crippen LogP contribution >= 0.6 is 22.9 Å². The summed E-state index contributed by atoms with van der Waals surface area (Å²) in [5, 5.41) is 10.4. The number of hydrogen-bond acceptors (Lipinski definition) is 4. The third-order valence-corrected chi connectivity index (χ3v) is 4.98. The van der Waals surface area contributed by atoms with Gasteiger partial charge in [-0.1, -0.05) is 24.4 Å². The number of carboxylic acid groups (broad SMARTS) is 1. The molecule has 0 saturated carbocycles. The van der Waals surface area contributed by atoms with E-state index in [9.17, 15) is 4.79 Å². The molecule has 0 amide bonds. The number of hydrogen-bond donors (Lipinski definition) is 1. The third-order valence-electron chi connectivity index (χ3n) is 3.65. The van der Waals surface area contributed by atoms with E-state index in [1.54, 1.807) is 11.3 Å². The molecule has 1 N–H and O–H groups in total. The predicted octanol–water partition coefficient (Wildman–Crippen LogP) is 5.83. The number of carboxylic acids is 1. The topological polar surface area (TPSA) is 59.4 Å². The van der Waals surface area contributed by atoms with Gasteiger partial charge in [-0.15, -0.1) is 11.3 Å². The van der Waals surface area contributed by atoms with Crippen molar-refractivity contribution in [3.63, 3.8) is 0 Å². The average molecular weight is 382 g/mol. The molecule has 1 heterocycles. The summed E-state index contributed by atoms with van der Waals surface area (Å²) in [4.78, 5) is 16.1. The fraction of sp³-hybridized carbons (Fsp3) is 0.474. The van der Waals surface area contributed by atoms with Gasteiger partial charge >= 0.3 is 5.97 Å². The Labute approximate surface area is 157 Å². The van der Waals surface area contributed by atoms with Gasteiger partial charge < -0.3 is 9.84 Å². The molecule has 0 saturated heterocycles. The molecule has 136 valence electrons. The monoisotopic (exact) mass is 381 g/mol. The minimum atomic E-state index is -0.717. The fourth-order valence-electron chi connectivity index (χ4n) is 2.51. The van der Waals surface area contributed by atoms with Crippen LogP contribution in [0.3, 0.4) is 0 Å². The van der Waals surface area contributed by atoms with Crippen molar-refractivity contribution in [3.05, 3.63) is 34.4 Å². The zero-order valence-electron chi connectivity index (χ0n) is 14.6. The highest BCUT2D eigenvalue weighted by Gasteiger charge is 2.12. The molecule has 0 atom stereocenters. The van der Waals surface area contributed by atoms with Crippen LogP contribution in [0.25, 0.3) is 10.4 Å². The molecule has 2 rings (SSSR count). The molecule has 0 spiro atoms. The molecule has 0 unspecified atom stereocenters. The molecule has 0 aliphatic carbocycles. The van der Waals surface area contributed by atoms with E-state index in [1.807, 2.05) is 38.2 Å². The van der Waals surface area contributed by atoms with E-state index in [2.05, 4.69) is 4.98 Å². The van der Waals surface area contributed by atoms with Crippen molar-refractivity contribution in [2.45, 2.75) is 58.5 Å². The van der Waals surface area contributed by atoms with Crippen LogP contribution in [0.1, 0.15) is 51.0 Å². The number of aryl methyl sites for hydroxylation is 1. The minimum Gasteiger partial charge on any atom is -0.490 e. The fourth-order valence-corrected chi connectivity index (χ4v) is 3.66. The molecule has 0 aliphatic heterocycles. The lowest BCUT2D eigenvalue weighted by atomic mass is 10.1. The maximum Gasteiger partial charge on any atom is 0.303 e. The number of aliphatic carboxylic acids is 1. The SMILES string of the molecule is CC(C)Oc1ccc(Cl)cc1-c1cnc(CCCCCCC(=O)O)s1. The number of benzene rings is 1. The predicted molar refractivity (Wildman–Crippen MR) is 103 cm³/mol. The van der Waals surface area contributed by atoms with Crippen LogP contribution in [0.15, 0.2) is 24.4 Å². The normalized spacial score (nSPS) is 11.0. The molecule has 0 fully saturated rings. The summed E-state index contributed by atoms with van der Waals surface area (Å²) < 4.78 is 5.88. The number of halogens is 1. The highest BCUT2D eigenvalue weighted by atomic mass is 35.5. The quantitative estimate of drug-likeness (QED) is 0.526. The average Bonchev–Trinajstić information content (AvgIpc) is 3.00. The van der Waals surface area contributed by atoms with Gasteiger partial charge in [-0.3, -0.25) is 4.79 Å². The molecular formula is C19H24ClNO3S. The lowest BCUT2D eigenvalue weighted by Crippen LogP contribution is -2.06. The van der Waals surface area contributed by atoms with Crippen LogP contribution in [0.2, 0.25) is 5.02 Å². The van der Waals surface area contributed by atoms with Crippen molar-refractivity contribution in [2.75, 3.05) is 0 Å². The lowest BCUT2D eigenvalue weighted by molar-refractivity contribution is -0.137. The van der Waals surface area contributed by atoms with Gasteiger partial charge in [0.25, 0.3) is 0 Å². The Hall–Kier alpha value is -1.59. The molecular weight excluding hydrogens is 358 g/mol. The van der Waals surface area contributed by atoms with Crippen molar-refractivity contribution in [1.82, 2.24) is 4.98 Å². The number of carbonyl (C=O) groups is 1. The van der Waals surface area contributed by atoms with Gasteiger partial charge in [-0.25, -0.2) is 4.98 Å². The van der Waals surface area contributed by atoms with Crippen molar-refractivity contribution in [3.8, 4) is 16.2 Å². The van der Waals surface area contributed by atoms with E-state index >= 15 is 0 Å². The second-order valence-electron chi connectivity index (χ2n) is 6.23. The molecule has 25 heavy (non-hydrogen) atoms. The number of rotatable bonds is 10. The van der Waals surface area contributed by atoms with Gasteiger partial charge in [0, 0.05) is 23.2 Å². The van der Waals surface area contributed by atoms with Crippen LogP contribution in [-0.4, -0.2) is 22.2 Å². The molecule has 0 bridgehead atoms. The number of ether oxygens (including phenoxy) is 1. The van der Waals surface area contributed by atoms with E-state index in [0.29, 0.717) is 5.02 Å². The van der Waals surface area contributed by atoms with Gasteiger partial charge in [-0.05, 0) is 51.3 Å². The van der Waals surface area contributed by atoms with Gasteiger partial charge in [0.1, 0.15) is 5.75 Å². The van der Waals surface area contributed by atoms with Crippen LogP contribution in [0.4, 0.5) is 0 Å². The summed E-state index contributed by atoms with van der Waals surface area (Å²) in [6.45, 7) is 4.00. The first-order valence-electron chi connectivity index (χ1n) is 8.59. The standard InChI is InChI=1S/C19H24ClNO3S/c1-13(2)24-16-10-9-14(20)11-15(16)17-12-21-18(25-17)7-5-3-4-6-8-19(22)23/h9-13H,3-8H2,1-2H3,(H,22,23). The van der Waals surface area contributed by atoms with Crippen molar-refractivity contribution in [2.24, 2.45) is 0 Å². The molecule has 0 radical (unpaired) electrons. The van der Waals surface area contributed by atoms with Crippen LogP contribution in [0, 0.1) is 0 Å². The smallest absolute Gasteiger partial charge is 0.303 e. The summed E-state index contributed by atoms with van der Waals surface area (Å²) in [6.07, 6.45) is 6.90. The molecule has 1 aromatic carbocycles. The van der Waals surface area contributed by atoms with E-state index in [-0.39, 0.29) is 12.5 Å². The van der Waals surface area contributed by atoms with E-state index in [1.165, 1.54) is 0 Å². The third kappa shape index (κ3) is 6.67. The molecule has 0 aliphatic rings. The summed E-state index contributed by atoms with van der Waals surface area (Å²) in [6, 6.07) is 5.66. The lowest BCUT2D eigenvalue weighted by Gasteiger charge is -2.13. The summed E-state index contributed by atoms with van der Waals surface area (Å²) in [5.41, 5.74) is 0.978. The second kappa shape index (κ2) is 9.78. The number of thiazole rings is 1. The Bertz CT molecular complexity index is 700. The first kappa shape index (κ1) is 19.7. The second-order valence-corrected chi connectivity index (χ2v) is 7.78. The Balaban J connectivity index is 1.94. The van der Waals surface area contributed by atoms with Gasteiger partial charge in [0.2, 0.25) is 0 Å². The Kier molecular flexibility index (Phi) is 7.72. The summed E-state index contributed by atoms with van der Waals surface area (Å²) >= 11 is 7.81. The molecule has 2 aromatic rings. The number of nitrogens with zero attached hydrogens (tertiary/aromatic N) is 1. The molecule has 4 nitrogen and oxygen atoms in total. The van der Waals surface area contributed by atoms with Crippen LogP contribution in [0.5, 0.6) is 5.75 Å². The van der Waals surface area contributed by atoms with Gasteiger partial charge in [-0.2, -0.15) is 0 Å². The number of unbranched alkanes of at least 4 members (excludes halogenated alkanes) is 3. The Morgan fingerprint density at radius 2 is 2.04 bits per heavy atom. The number of aromatic nitrogens is 1.